The first kappa shape index (κ1) is 11.5. The van der Waals surface area contributed by atoms with E-state index in [9.17, 15) is 8.60 Å². The van der Waals surface area contributed by atoms with E-state index < -0.39 is 16.6 Å². The zero-order chi connectivity index (χ0) is 11.5. The first-order chi connectivity index (χ1) is 7.66. The van der Waals surface area contributed by atoms with E-state index in [1.807, 2.05) is 0 Å². The molecule has 1 heterocycles. The quantitative estimate of drug-likeness (QED) is 0.804. The van der Waals surface area contributed by atoms with E-state index in [1.54, 1.807) is 6.07 Å². The minimum Gasteiger partial charge on any atom is -0.399 e. The Morgan fingerprint density at radius 3 is 2.88 bits per heavy atom. The first-order valence-electron chi connectivity index (χ1n) is 5.21. The van der Waals surface area contributed by atoms with Gasteiger partial charge in [-0.3, -0.25) is 4.21 Å². The van der Waals surface area contributed by atoms with Crippen LogP contribution in [0.3, 0.4) is 0 Å². The molecule has 2 N–H and O–H groups in total. The molecule has 0 aromatic heterocycles. The van der Waals surface area contributed by atoms with Crippen molar-refractivity contribution in [3.8, 4) is 0 Å². The van der Waals surface area contributed by atoms with Gasteiger partial charge in [-0.25, -0.2) is 4.39 Å². The summed E-state index contributed by atoms with van der Waals surface area (Å²) >= 11 is 0. The van der Waals surface area contributed by atoms with Crippen molar-refractivity contribution in [1.29, 1.82) is 0 Å². The first-order valence-corrected chi connectivity index (χ1v) is 6.42. The van der Waals surface area contributed by atoms with Crippen LogP contribution in [0.2, 0.25) is 0 Å². The third-order valence-electron chi connectivity index (χ3n) is 2.55. The second-order valence-electron chi connectivity index (χ2n) is 3.86. The molecule has 2 atom stereocenters. The van der Waals surface area contributed by atoms with E-state index in [2.05, 4.69) is 0 Å². The molecule has 5 heteroatoms. The predicted molar refractivity (Wildman–Crippen MR) is 61.1 cm³/mol. The van der Waals surface area contributed by atoms with Crippen LogP contribution in [-0.4, -0.2) is 22.7 Å². The summed E-state index contributed by atoms with van der Waals surface area (Å²) in [6, 6.07) is 4.06. The van der Waals surface area contributed by atoms with Crippen LogP contribution < -0.4 is 5.73 Å². The highest BCUT2D eigenvalue weighted by Gasteiger charge is 2.22. The maximum atomic E-state index is 13.1. The van der Waals surface area contributed by atoms with Crippen molar-refractivity contribution in [1.82, 2.24) is 0 Å². The lowest BCUT2D eigenvalue weighted by atomic mass is 10.2. The fraction of sp³-hybridized carbons (Fsp3) is 0.455. The average Bonchev–Trinajstić information content (AvgIpc) is 2.28. The summed E-state index contributed by atoms with van der Waals surface area (Å²) in [7, 11) is -1.24. The Bertz CT molecular complexity index is 385. The van der Waals surface area contributed by atoms with Crippen molar-refractivity contribution in [3.05, 3.63) is 24.0 Å². The summed E-state index contributed by atoms with van der Waals surface area (Å²) in [6.07, 6.45) is 1.75. The Kier molecular flexibility index (Phi) is 3.56. The van der Waals surface area contributed by atoms with Gasteiger partial charge in [0.15, 0.2) is 0 Å². The molecule has 1 aromatic carbocycles. The molecule has 1 aliphatic rings. The number of ether oxygens (including phenoxy) is 1. The summed E-state index contributed by atoms with van der Waals surface area (Å²) in [5, 5.41) is -0.0463. The molecule has 0 aliphatic carbocycles. The van der Waals surface area contributed by atoms with Crippen LogP contribution in [0.5, 0.6) is 0 Å². The van der Waals surface area contributed by atoms with Gasteiger partial charge in [0.25, 0.3) is 0 Å². The number of nitrogen functional groups attached to an aromatic ring is 1. The lowest BCUT2D eigenvalue weighted by Crippen LogP contribution is -2.27. The Hall–Kier alpha value is -0.940. The van der Waals surface area contributed by atoms with Crippen molar-refractivity contribution in [2.45, 2.75) is 23.0 Å². The zero-order valence-electron chi connectivity index (χ0n) is 8.82. The number of hydrogen-bond acceptors (Lipinski definition) is 3. The largest absolute Gasteiger partial charge is 0.399 e. The van der Waals surface area contributed by atoms with Crippen LogP contribution >= 0.6 is 0 Å². The molecule has 2 unspecified atom stereocenters. The van der Waals surface area contributed by atoms with Crippen molar-refractivity contribution < 1.29 is 13.3 Å². The highest BCUT2D eigenvalue weighted by molar-refractivity contribution is 7.85. The van der Waals surface area contributed by atoms with Gasteiger partial charge in [-0.1, -0.05) is 0 Å². The van der Waals surface area contributed by atoms with E-state index in [4.69, 9.17) is 10.5 Å². The molecule has 1 aromatic rings. The molecule has 0 radical (unpaired) electrons. The highest BCUT2D eigenvalue weighted by atomic mass is 32.2. The molecule has 0 bridgehead atoms. The van der Waals surface area contributed by atoms with Crippen LogP contribution in [0, 0.1) is 5.82 Å². The van der Waals surface area contributed by atoms with E-state index in [-0.39, 0.29) is 5.25 Å². The second kappa shape index (κ2) is 4.93. The van der Waals surface area contributed by atoms with Gasteiger partial charge in [0.1, 0.15) is 5.82 Å². The molecule has 0 amide bonds. The van der Waals surface area contributed by atoms with Gasteiger partial charge >= 0.3 is 0 Å². The van der Waals surface area contributed by atoms with Crippen LogP contribution in [0.1, 0.15) is 12.8 Å². The second-order valence-corrected chi connectivity index (χ2v) is 5.59. The van der Waals surface area contributed by atoms with Crippen LogP contribution in [-0.2, 0) is 15.5 Å². The molecule has 0 spiro atoms. The number of anilines is 1. The molecule has 3 nitrogen and oxygen atoms in total. The van der Waals surface area contributed by atoms with Crippen molar-refractivity contribution >= 4 is 16.5 Å². The Balaban J connectivity index is 2.19. The average molecular weight is 243 g/mol. The van der Waals surface area contributed by atoms with E-state index in [1.165, 1.54) is 12.1 Å². The number of halogens is 1. The number of benzene rings is 1. The van der Waals surface area contributed by atoms with E-state index in [0.717, 1.165) is 19.4 Å². The molecule has 2 rings (SSSR count). The molecule has 1 aliphatic heterocycles. The third kappa shape index (κ3) is 2.59. The molecular weight excluding hydrogens is 229 g/mol. The van der Waals surface area contributed by atoms with Gasteiger partial charge in [-0.2, -0.15) is 0 Å². The fourth-order valence-corrected chi connectivity index (χ4v) is 3.24. The minimum absolute atomic E-state index is 0.0463. The zero-order valence-corrected chi connectivity index (χ0v) is 9.63. The van der Waals surface area contributed by atoms with Crippen LogP contribution in [0.15, 0.2) is 23.1 Å². The van der Waals surface area contributed by atoms with E-state index in [0.29, 0.717) is 17.2 Å². The molecule has 88 valence electrons. The molecular formula is C11H14FNO2S. The van der Waals surface area contributed by atoms with Crippen molar-refractivity contribution in [2.24, 2.45) is 0 Å². The summed E-state index contributed by atoms with van der Waals surface area (Å²) in [6.45, 7) is 1.20. The lowest BCUT2D eigenvalue weighted by molar-refractivity contribution is 0.100. The fourth-order valence-electron chi connectivity index (χ4n) is 1.77. The van der Waals surface area contributed by atoms with Crippen molar-refractivity contribution in [2.75, 3.05) is 18.9 Å². The molecule has 16 heavy (non-hydrogen) atoms. The Morgan fingerprint density at radius 2 is 2.25 bits per heavy atom. The maximum Gasteiger partial charge on any atom is 0.126 e. The number of rotatable bonds is 2. The van der Waals surface area contributed by atoms with Crippen LogP contribution in [0.25, 0.3) is 0 Å². The SMILES string of the molecule is Nc1cc(F)cc(S(=O)C2CCCOC2)c1. The van der Waals surface area contributed by atoms with Gasteiger partial charge < -0.3 is 10.5 Å². The monoisotopic (exact) mass is 243 g/mol. The third-order valence-corrected chi connectivity index (χ3v) is 4.22. The van der Waals surface area contributed by atoms with Gasteiger partial charge in [0.05, 0.1) is 22.7 Å². The minimum atomic E-state index is -1.24. The number of nitrogens with two attached hydrogens (primary N) is 1. The van der Waals surface area contributed by atoms with Gasteiger partial charge in [0.2, 0.25) is 0 Å². The summed E-state index contributed by atoms with van der Waals surface area (Å²) in [4.78, 5) is 0.452. The summed E-state index contributed by atoms with van der Waals surface area (Å²) in [5.74, 6) is -0.444. The topological polar surface area (TPSA) is 52.3 Å². The molecule has 1 fully saturated rings. The van der Waals surface area contributed by atoms with Gasteiger partial charge in [-0.15, -0.1) is 0 Å². The smallest absolute Gasteiger partial charge is 0.126 e. The van der Waals surface area contributed by atoms with Gasteiger partial charge in [0, 0.05) is 17.2 Å². The maximum absolute atomic E-state index is 13.1. The number of hydrogen-bond donors (Lipinski definition) is 1. The summed E-state index contributed by atoms with van der Waals surface area (Å²) in [5.41, 5.74) is 5.83. The van der Waals surface area contributed by atoms with Gasteiger partial charge in [-0.05, 0) is 31.0 Å². The normalized spacial score (nSPS) is 22.9. The molecule has 0 saturated carbocycles. The lowest BCUT2D eigenvalue weighted by Gasteiger charge is -2.21. The standard InChI is InChI=1S/C11H14FNO2S/c12-8-4-9(13)6-11(5-8)16(14)10-2-1-3-15-7-10/h4-6,10H,1-3,7,13H2. The van der Waals surface area contributed by atoms with Crippen LogP contribution in [0.4, 0.5) is 10.1 Å². The molecule has 1 saturated heterocycles. The van der Waals surface area contributed by atoms with Crippen molar-refractivity contribution in [3.63, 3.8) is 0 Å². The van der Waals surface area contributed by atoms with E-state index >= 15 is 0 Å². The summed E-state index contributed by atoms with van der Waals surface area (Å²) < 4.78 is 30.5. The highest BCUT2D eigenvalue weighted by Crippen LogP contribution is 2.21. The Morgan fingerprint density at radius 1 is 1.44 bits per heavy atom. The predicted octanol–water partition coefficient (Wildman–Crippen LogP) is 1.69. The Labute approximate surface area is 96.2 Å².